The van der Waals surface area contributed by atoms with Gasteiger partial charge in [-0.2, -0.15) is 0 Å². The fourth-order valence-electron chi connectivity index (χ4n) is 2.07. The van der Waals surface area contributed by atoms with E-state index in [4.69, 9.17) is 0 Å². The van der Waals surface area contributed by atoms with Gasteiger partial charge in [-0.25, -0.2) is 0 Å². The van der Waals surface area contributed by atoms with E-state index in [0.717, 1.165) is 6.54 Å². The van der Waals surface area contributed by atoms with Gasteiger partial charge >= 0.3 is 0 Å². The summed E-state index contributed by atoms with van der Waals surface area (Å²) in [6.07, 6.45) is 1.95. The quantitative estimate of drug-likeness (QED) is 0.580. The summed E-state index contributed by atoms with van der Waals surface area (Å²) in [7, 11) is 0. The summed E-state index contributed by atoms with van der Waals surface area (Å²) >= 11 is 3.55. The van der Waals surface area contributed by atoms with Crippen LogP contribution in [-0.4, -0.2) is 4.57 Å². The van der Waals surface area contributed by atoms with Crippen molar-refractivity contribution in [1.82, 2.24) is 4.57 Å². The van der Waals surface area contributed by atoms with E-state index in [-0.39, 0.29) is 0 Å². The highest BCUT2D eigenvalue weighted by Gasteiger charge is 2.11. The zero-order valence-electron chi connectivity index (χ0n) is 9.87. The van der Waals surface area contributed by atoms with E-state index in [1.165, 1.54) is 21.1 Å². The summed E-state index contributed by atoms with van der Waals surface area (Å²) in [5.74, 6) is 0. The molecule has 0 atom stereocenters. The lowest BCUT2D eigenvalue weighted by molar-refractivity contribution is 0.852. The van der Waals surface area contributed by atoms with Crippen LogP contribution in [0.5, 0.6) is 0 Å². The predicted octanol–water partition coefficient (Wildman–Crippen LogP) is 5.13. The number of hydrogen-bond acceptors (Lipinski definition) is 2. The Labute approximate surface area is 115 Å². The number of rotatable bonds is 4. The summed E-state index contributed by atoms with van der Waals surface area (Å²) in [5, 5.41) is 4.23. The summed E-state index contributed by atoms with van der Waals surface area (Å²) < 4.78 is 2.32. The number of hydrogen-bond donors (Lipinski definition) is 0. The molecule has 0 N–H and O–H groups in total. The lowest BCUT2D eigenvalue weighted by atomic mass is 10.3. The third-order valence-electron chi connectivity index (χ3n) is 2.84. The molecular formula is C15H13NS2. The molecule has 0 aliphatic heterocycles. The van der Waals surface area contributed by atoms with Crippen molar-refractivity contribution >= 4 is 22.7 Å². The molecule has 0 radical (unpaired) electrons. The topological polar surface area (TPSA) is 4.93 Å². The first kappa shape index (κ1) is 11.5. The van der Waals surface area contributed by atoms with E-state index in [2.05, 4.69) is 58.3 Å². The van der Waals surface area contributed by atoms with E-state index in [1.54, 1.807) is 22.7 Å². The largest absolute Gasteiger partial charge is 0.335 e. The molecule has 0 aliphatic carbocycles. The van der Waals surface area contributed by atoms with E-state index in [0.29, 0.717) is 0 Å². The smallest absolute Gasteiger partial charge is 0.0589 e. The lowest BCUT2D eigenvalue weighted by Crippen LogP contribution is -1.98. The molecule has 0 bridgehead atoms. The van der Waals surface area contributed by atoms with Gasteiger partial charge in [-0.1, -0.05) is 18.2 Å². The third kappa shape index (κ3) is 1.96. The minimum atomic E-state index is 0.841. The standard InChI is InChI=1S/C15H13NS2/c1-2-9-16-12(14-5-3-10-17-14)7-8-13(16)15-6-4-11-18-15/h2-8,10-11H,1,9H2. The van der Waals surface area contributed by atoms with Gasteiger partial charge in [0.15, 0.2) is 0 Å². The van der Waals surface area contributed by atoms with Crippen molar-refractivity contribution in [2.75, 3.05) is 0 Å². The van der Waals surface area contributed by atoms with Crippen LogP contribution in [0.1, 0.15) is 0 Å². The zero-order valence-corrected chi connectivity index (χ0v) is 11.5. The molecule has 0 aromatic carbocycles. The first-order valence-corrected chi connectivity index (χ1v) is 7.54. The second-order valence-electron chi connectivity index (χ2n) is 3.96. The highest BCUT2D eigenvalue weighted by atomic mass is 32.1. The number of aromatic nitrogens is 1. The molecule has 18 heavy (non-hydrogen) atoms. The van der Waals surface area contributed by atoms with Crippen molar-refractivity contribution in [1.29, 1.82) is 0 Å². The first-order valence-electron chi connectivity index (χ1n) is 5.78. The summed E-state index contributed by atoms with van der Waals surface area (Å²) in [4.78, 5) is 2.61. The maximum atomic E-state index is 3.87. The molecule has 3 rings (SSSR count). The molecule has 0 amide bonds. The molecule has 0 aliphatic rings. The Balaban J connectivity index is 2.14. The molecule has 3 aromatic heterocycles. The normalized spacial score (nSPS) is 10.7. The van der Waals surface area contributed by atoms with Crippen LogP contribution in [0.15, 0.2) is 59.8 Å². The molecule has 3 heterocycles. The van der Waals surface area contributed by atoms with Gasteiger partial charge in [0.1, 0.15) is 0 Å². The number of allylic oxidation sites excluding steroid dienone is 1. The van der Waals surface area contributed by atoms with Gasteiger partial charge in [0.25, 0.3) is 0 Å². The van der Waals surface area contributed by atoms with Gasteiger partial charge in [-0.15, -0.1) is 29.3 Å². The molecule has 3 aromatic rings. The van der Waals surface area contributed by atoms with Gasteiger partial charge in [0, 0.05) is 6.54 Å². The Morgan fingerprint density at radius 3 is 1.89 bits per heavy atom. The van der Waals surface area contributed by atoms with E-state index in [1.807, 2.05) is 6.08 Å². The van der Waals surface area contributed by atoms with Crippen molar-refractivity contribution in [3.05, 3.63) is 59.8 Å². The maximum Gasteiger partial charge on any atom is 0.0589 e. The predicted molar refractivity (Wildman–Crippen MR) is 81.3 cm³/mol. The number of thiophene rings is 2. The zero-order chi connectivity index (χ0) is 12.4. The molecular weight excluding hydrogens is 258 g/mol. The first-order chi connectivity index (χ1) is 8.90. The van der Waals surface area contributed by atoms with E-state index < -0.39 is 0 Å². The van der Waals surface area contributed by atoms with Crippen molar-refractivity contribution in [2.24, 2.45) is 0 Å². The van der Waals surface area contributed by atoms with Crippen LogP contribution < -0.4 is 0 Å². The fourth-order valence-corrected chi connectivity index (χ4v) is 3.59. The van der Waals surface area contributed by atoms with Crippen LogP contribution in [0, 0.1) is 0 Å². The second kappa shape index (κ2) is 4.96. The highest BCUT2D eigenvalue weighted by molar-refractivity contribution is 7.14. The fraction of sp³-hybridized carbons (Fsp3) is 0.0667. The molecule has 90 valence electrons. The third-order valence-corrected chi connectivity index (χ3v) is 4.62. The van der Waals surface area contributed by atoms with Crippen LogP contribution in [0.2, 0.25) is 0 Å². The molecule has 0 saturated heterocycles. The molecule has 0 unspecified atom stereocenters. The SMILES string of the molecule is C=CCn1c(-c2cccs2)ccc1-c1cccs1. The minimum absolute atomic E-state index is 0.841. The van der Waals surface area contributed by atoms with Gasteiger partial charge in [0.2, 0.25) is 0 Å². The van der Waals surface area contributed by atoms with Gasteiger partial charge in [-0.3, -0.25) is 0 Å². The van der Waals surface area contributed by atoms with Crippen molar-refractivity contribution < 1.29 is 0 Å². The Hall–Kier alpha value is -1.58. The molecule has 3 heteroatoms. The average Bonchev–Trinajstić information content (AvgIpc) is 3.10. The Bertz CT molecular complexity index is 578. The highest BCUT2D eigenvalue weighted by Crippen LogP contribution is 2.33. The van der Waals surface area contributed by atoms with E-state index >= 15 is 0 Å². The molecule has 0 saturated carbocycles. The molecule has 0 fully saturated rings. The Morgan fingerprint density at radius 2 is 1.50 bits per heavy atom. The Kier molecular flexibility index (Phi) is 3.17. The van der Waals surface area contributed by atoms with Gasteiger partial charge in [0.05, 0.1) is 21.1 Å². The minimum Gasteiger partial charge on any atom is -0.335 e. The lowest BCUT2D eigenvalue weighted by Gasteiger charge is -2.09. The van der Waals surface area contributed by atoms with Crippen molar-refractivity contribution in [2.45, 2.75) is 6.54 Å². The van der Waals surface area contributed by atoms with Gasteiger partial charge in [-0.05, 0) is 35.0 Å². The summed E-state index contributed by atoms with van der Waals surface area (Å²) in [6.45, 7) is 4.71. The number of nitrogens with zero attached hydrogens (tertiary/aromatic N) is 1. The van der Waals surface area contributed by atoms with Crippen LogP contribution in [0.4, 0.5) is 0 Å². The van der Waals surface area contributed by atoms with Crippen LogP contribution in [0.25, 0.3) is 21.1 Å². The summed E-state index contributed by atoms with van der Waals surface area (Å²) in [5.41, 5.74) is 2.54. The average molecular weight is 271 g/mol. The Morgan fingerprint density at radius 1 is 0.944 bits per heavy atom. The van der Waals surface area contributed by atoms with E-state index in [9.17, 15) is 0 Å². The van der Waals surface area contributed by atoms with Crippen LogP contribution in [-0.2, 0) is 6.54 Å². The second-order valence-corrected chi connectivity index (χ2v) is 5.85. The summed E-state index contributed by atoms with van der Waals surface area (Å²) in [6, 6.07) is 12.9. The van der Waals surface area contributed by atoms with Crippen molar-refractivity contribution in [3.8, 4) is 21.1 Å². The monoisotopic (exact) mass is 271 g/mol. The van der Waals surface area contributed by atoms with Crippen LogP contribution >= 0.6 is 22.7 Å². The molecule has 0 spiro atoms. The molecule has 1 nitrogen and oxygen atoms in total. The van der Waals surface area contributed by atoms with Crippen molar-refractivity contribution in [3.63, 3.8) is 0 Å². The maximum absolute atomic E-state index is 3.87. The van der Waals surface area contributed by atoms with Crippen LogP contribution in [0.3, 0.4) is 0 Å². The van der Waals surface area contributed by atoms with Gasteiger partial charge < -0.3 is 4.57 Å².